The van der Waals surface area contributed by atoms with Crippen LogP contribution >= 0.6 is 0 Å². The fourth-order valence-corrected chi connectivity index (χ4v) is 3.07. The van der Waals surface area contributed by atoms with Gasteiger partial charge in [0.2, 0.25) is 0 Å². The van der Waals surface area contributed by atoms with Crippen LogP contribution in [0.5, 0.6) is 0 Å². The molecular weight excluding hydrogens is 376 g/mol. The van der Waals surface area contributed by atoms with Gasteiger partial charge in [-0.3, -0.25) is 0 Å². The Labute approximate surface area is 158 Å². The Bertz CT molecular complexity index is 964. The van der Waals surface area contributed by atoms with Crippen molar-refractivity contribution in [3.05, 3.63) is 70.7 Å². The first-order valence-corrected chi connectivity index (χ1v) is 8.53. The number of aliphatic hydroxyl groups is 1. The molecule has 5 nitrogen and oxygen atoms in total. The molecule has 1 atom stereocenters. The van der Waals surface area contributed by atoms with Gasteiger partial charge in [-0.2, -0.15) is 18.3 Å². The molecule has 0 aliphatic carbocycles. The van der Waals surface area contributed by atoms with Gasteiger partial charge in [-0.05, 0) is 43.5 Å². The van der Waals surface area contributed by atoms with Crippen LogP contribution in [0.25, 0.3) is 5.82 Å². The van der Waals surface area contributed by atoms with E-state index in [1.54, 1.807) is 19.2 Å². The van der Waals surface area contributed by atoms with E-state index in [9.17, 15) is 22.7 Å². The Kier molecular flexibility index (Phi) is 5.46. The molecule has 0 saturated carbocycles. The van der Waals surface area contributed by atoms with E-state index < -0.39 is 23.5 Å². The van der Waals surface area contributed by atoms with Crippen molar-refractivity contribution < 1.29 is 22.7 Å². The highest BCUT2D eigenvalue weighted by atomic mass is 19.4. The zero-order valence-electron chi connectivity index (χ0n) is 15.2. The molecule has 0 bridgehead atoms. The van der Waals surface area contributed by atoms with Crippen molar-refractivity contribution in [1.82, 2.24) is 19.7 Å². The van der Waals surface area contributed by atoms with Crippen molar-refractivity contribution in [2.24, 2.45) is 0 Å². The van der Waals surface area contributed by atoms with Crippen LogP contribution in [0.3, 0.4) is 0 Å². The third-order valence-electron chi connectivity index (χ3n) is 4.31. The van der Waals surface area contributed by atoms with Crippen LogP contribution in [0.2, 0.25) is 0 Å². The molecule has 0 fully saturated rings. The number of hydrogen-bond donors (Lipinski definition) is 1. The lowest BCUT2D eigenvalue weighted by atomic mass is 9.89. The van der Waals surface area contributed by atoms with Gasteiger partial charge in [0.15, 0.2) is 5.82 Å². The smallest absolute Gasteiger partial charge is 0.396 e. The SMILES string of the molecule is Cc1cc(-n2cc(C(CCO)c3ccc(C(F)(F)F)cc3F)cn2)nc(C)n1. The monoisotopic (exact) mass is 394 g/mol. The summed E-state index contributed by atoms with van der Waals surface area (Å²) in [6.07, 6.45) is -1.38. The number of alkyl halides is 3. The molecule has 148 valence electrons. The lowest BCUT2D eigenvalue weighted by molar-refractivity contribution is -0.137. The van der Waals surface area contributed by atoms with Gasteiger partial charge in [0.1, 0.15) is 11.6 Å². The fraction of sp³-hybridized carbons (Fsp3) is 0.316. The van der Waals surface area contributed by atoms with Crippen molar-refractivity contribution >= 4 is 0 Å². The van der Waals surface area contributed by atoms with E-state index in [1.165, 1.54) is 10.9 Å². The number of rotatable bonds is 5. The van der Waals surface area contributed by atoms with Crippen LogP contribution in [-0.2, 0) is 6.18 Å². The van der Waals surface area contributed by atoms with E-state index in [4.69, 9.17) is 0 Å². The number of aryl methyl sites for hydroxylation is 2. The number of benzene rings is 1. The maximum atomic E-state index is 14.4. The molecule has 0 radical (unpaired) electrons. The van der Waals surface area contributed by atoms with Crippen LogP contribution in [0.15, 0.2) is 36.7 Å². The highest BCUT2D eigenvalue weighted by Gasteiger charge is 2.32. The first kappa shape index (κ1) is 19.9. The van der Waals surface area contributed by atoms with Crippen LogP contribution in [0.4, 0.5) is 17.6 Å². The molecule has 2 aromatic heterocycles. The molecule has 0 amide bonds. The number of halogens is 4. The third kappa shape index (κ3) is 4.19. The molecule has 3 rings (SSSR count). The molecule has 1 N–H and O–H groups in total. The maximum Gasteiger partial charge on any atom is 0.416 e. The molecule has 1 aromatic carbocycles. The zero-order chi connectivity index (χ0) is 20.5. The average Bonchev–Trinajstić information content (AvgIpc) is 3.08. The Morgan fingerprint density at radius 1 is 1.14 bits per heavy atom. The Balaban J connectivity index is 1.99. The van der Waals surface area contributed by atoms with Gasteiger partial charge in [-0.1, -0.05) is 6.07 Å². The minimum Gasteiger partial charge on any atom is -0.396 e. The standard InChI is InChI=1S/C19H18F4N4O/c1-11-7-18(26-12(2)25-11)27-10-13(9-24-27)15(5-6-28)16-4-3-14(8-17(16)20)19(21,22)23/h3-4,7-10,15,28H,5-6H2,1-2H3. The highest BCUT2D eigenvalue weighted by molar-refractivity contribution is 5.36. The van der Waals surface area contributed by atoms with Crippen molar-refractivity contribution in [2.75, 3.05) is 6.61 Å². The Morgan fingerprint density at radius 2 is 1.89 bits per heavy atom. The first-order valence-electron chi connectivity index (χ1n) is 8.53. The summed E-state index contributed by atoms with van der Waals surface area (Å²) in [4.78, 5) is 8.48. The van der Waals surface area contributed by atoms with Crippen LogP contribution < -0.4 is 0 Å². The minimum atomic E-state index is -4.63. The number of nitrogens with zero attached hydrogens (tertiary/aromatic N) is 4. The summed E-state index contributed by atoms with van der Waals surface area (Å²) in [6.45, 7) is 3.30. The van der Waals surface area contributed by atoms with Crippen molar-refractivity contribution in [3.8, 4) is 5.82 Å². The summed E-state index contributed by atoms with van der Waals surface area (Å²) >= 11 is 0. The van der Waals surface area contributed by atoms with E-state index in [2.05, 4.69) is 15.1 Å². The molecule has 0 spiro atoms. The second kappa shape index (κ2) is 7.67. The van der Waals surface area contributed by atoms with E-state index in [-0.39, 0.29) is 18.6 Å². The number of aliphatic hydroxyl groups excluding tert-OH is 1. The molecule has 28 heavy (non-hydrogen) atoms. The van der Waals surface area contributed by atoms with Gasteiger partial charge in [-0.15, -0.1) is 0 Å². The molecule has 2 heterocycles. The van der Waals surface area contributed by atoms with Gasteiger partial charge in [-0.25, -0.2) is 19.0 Å². The molecule has 0 aliphatic heterocycles. The summed E-state index contributed by atoms with van der Waals surface area (Å²) < 4.78 is 54.3. The summed E-state index contributed by atoms with van der Waals surface area (Å²) in [5.41, 5.74) is 0.317. The van der Waals surface area contributed by atoms with Gasteiger partial charge < -0.3 is 5.11 Å². The van der Waals surface area contributed by atoms with Gasteiger partial charge in [0, 0.05) is 30.5 Å². The summed E-state index contributed by atoms with van der Waals surface area (Å²) in [5, 5.41) is 13.6. The van der Waals surface area contributed by atoms with Crippen LogP contribution in [0, 0.1) is 19.7 Å². The number of aromatic nitrogens is 4. The topological polar surface area (TPSA) is 63.8 Å². The Morgan fingerprint density at radius 3 is 2.50 bits per heavy atom. The van der Waals surface area contributed by atoms with Crippen LogP contribution in [0.1, 0.15) is 40.5 Å². The second-order valence-electron chi connectivity index (χ2n) is 6.43. The summed E-state index contributed by atoms with van der Waals surface area (Å²) in [6, 6.07) is 4.14. The summed E-state index contributed by atoms with van der Waals surface area (Å²) in [5.74, 6) is -0.542. The van der Waals surface area contributed by atoms with Crippen molar-refractivity contribution in [2.45, 2.75) is 32.4 Å². The lowest BCUT2D eigenvalue weighted by Crippen LogP contribution is -2.10. The fourth-order valence-electron chi connectivity index (χ4n) is 3.07. The quantitative estimate of drug-likeness (QED) is 0.666. The predicted octanol–water partition coefficient (Wildman–Crippen LogP) is 3.95. The second-order valence-corrected chi connectivity index (χ2v) is 6.43. The average molecular weight is 394 g/mol. The first-order chi connectivity index (χ1) is 13.2. The largest absolute Gasteiger partial charge is 0.416 e. The van der Waals surface area contributed by atoms with Crippen LogP contribution in [-0.4, -0.2) is 31.5 Å². The maximum absolute atomic E-state index is 14.4. The Hall–Kier alpha value is -2.81. The van der Waals surface area contributed by atoms with E-state index in [1.807, 2.05) is 6.92 Å². The van der Waals surface area contributed by atoms with Gasteiger partial charge in [0.05, 0.1) is 11.8 Å². The normalized spacial score (nSPS) is 13.0. The molecule has 0 aliphatic rings. The van der Waals surface area contributed by atoms with Crippen molar-refractivity contribution in [3.63, 3.8) is 0 Å². The molecule has 3 aromatic rings. The third-order valence-corrected chi connectivity index (χ3v) is 4.31. The number of hydrogen-bond acceptors (Lipinski definition) is 4. The molecule has 9 heteroatoms. The molecular formula is C19H18F4N4O. The minimum absolute atomic E-state index is 0.0663. The van der Waals surface area contributed by atoms with Gasteiger partial charge >= 0.3 is 6.18 Å². The van der Waals surface area contributed by atoms with E-state index in [0.717, 1.165) is 17.8 Å². The van der Waals surface area contributed by atoms with E-state index in [0.29, 0.717) is 23.3 Å². The van der Waals surface area contributed by atoms with E-state index >= 15 is 0 Å². The lowest BCUT2D eigenvalue weighted by Gasteiger charge is -2.17. The predicted molar refractivity (Wildman–Crippen MR) is 93.6 cm³/mol. The molecule has 1 unspecified atom stereocenters. The van der Waals surface area contributed by atoms with Gasteiger partial charge in [0.25, 0.3) is 0 Å². The molecule has 0 saturated heterocycles. The zero-order valence-corrected chi connectivity index (χ0v) is 15.2. The van der Waals surface area contributed by atoms with Crippen molar-refractivity contribution in [1.29, 1.82) is 0 Å². The summed E-state index contributed by atoms with van der Waals surface area (Å²) in [7, 11) is 0. The highest BCUT2D eigenvalue weighted by Crippen LogP contribution is 2.34.